The summed E-state index contributed by atoms with van der Waals surface area (Å²) in [5, 5.41) is 8.83. The number of rotatable bonds is 6. The van der Waals surface area contributed by atoms with Crippen molar-refractivity contribution < 1.29 is 14.3 Å². The van der Waals surface area contributed by atoms with Crippen molar-refractivity contribution in [3.8, 4) is 5.75 Å². The van der Waals surface area contributed by atoms with Crippen molar-refractivity contribution in [1.82, 2.24) is 5.32 Å². The Bertz CT molecular complexity index is 768. The van der Waals surface area contributed by atoms with Gasteiger partial charge in [0.15, 0.2) is 0 Å². The van der Waals surface area contributed by atoms with Gasteiger partial charge < -0.3 is 20.7 Å². The maximum absolute atomic E-state index is 11.9. The van der Waals surface area contributed by atoms with Crippen molar-refractivity contribution >= 4 is 34.9 Å². The SMILES string of the molecule is CC(=O)Nc1ccc(NC(=O)NCCOc2cc(C)c(Cl)c(C)c2)cc1. The summed E-state index contributed by atoms with van der Waals surface area (Å²) in [6.45, 7) is 5.98. The lowest BCUT2D eigenvalue weighted by atomic mass is 10.1. The van der Waals surface area contributed by atoms with Crippen LogP contribution in [-0.4, -0.2) is 25.1 Å². The third kappa shape index (κ3) is 5.97. The van der Waals surface area contributed by atoms with Gasteiger partial charge in [-0.25, -0.2) is 4.79 Å². The number of anilines is 2. The Morgan fingerprint density at radius 2 is 1.54 bits per heavy atom. The Kier molecular flexibility index (Phi) is 6.86. The van der Waals surface area contributed by atoms with Gasteiger partial charge in [-0.05, 0) is 61.4 Å². The van der Waals surface area contributed by atoms with Crippen LogP contribution in [0, 0.1) is 13.8 Å². The molecular weight excluding hydrogens is 354 g/mol. The maximum Gasteiger partial charge on any atom is 0.319 e. The minimum absolute atomic E-state index is 0.144. The first kappa shape index (κ1) is 19.6. The Hall–Kier alpha value is -2.73. The molecule has 0 unspecified atom stereocenters. The van der Waals surface area contributed by atoms with Crippen LogP contribution < -0.4 is 20.7 Å². The molecular formula is C19H22ClN3O3. The Morgan fingerprint density at radius 1 is 1.00 bits per heavy atom. The number of nitrogens with one attached hydrogen (secondary N) is 3. The Labute approximate surface area is 157 Å². The minimum Gasteiger partial charge on any atom is -0.492 e. The van der Waals surface area contributed by atoms with Crippen molar-refractivity contribution in [2.75, 3.05) is 23.8 Å². The third-order valence-corrected chi connectivity index (χ3v) is 4.13. The van der Waals surface area contributed by atoms with E-state index in [2.05, 4.69) is 16.0 Å². The van der Waals surface area contributed by atoms with Crippen molar-refractivity contribution in [2.24, 2.45) is 0 Å². The first-order valence-electron chi connectivity index (χ1n) is 8.17. The Balaban J connectivity index is 1.74. The van der Waals surface area contributed by atoms with Gasteiger partial charge >= 0.3 is 6.03 Å². The molecule has 7 heteroatoms. The average molecular weight is 376 g/mol. The smallest absolute Gasteiger partial charge is 0.319 e. The molecule has 2 rings (SSSR count). The fourth-order valence-electron chi connectivity index (χ4n) is 2.34. The summed E-state index contributed by atoms with van der Waals surface area (Å²) in [6.07, 6.45) is 0. The normalized spacial score (nSPS) is 10.2. The highest BCUT2D eigenvalue weighted by Crippen LogP contribution is 2.25. The van der Waals surface area contributed by atoms with Gasteiger partial charge in [-0.15, -0.1) is 0 Å². The summed E-state index contributed by atoms with van der Waals surface area (Å²) in [4.78, 5) is 22.8. The molecule has 0 aliphatic rings. The maximum atomic E-state index is 11.9. The van der Waals surface area contributed by atoms with Gasteiger partial charge in [-0.2, -0.15) is 0 Å². The van der Waals surface area contributed by atoms with E-state index < -0.39 is 0 Å². The van der Waals surface area contributed by atoms with Crippen LogP contribution in [0.4, 0.5) is 16.2 Å². The lowest BCUT2D eigenvalue weighted by Crippen LogP contribution is -2.32. The fraction of sp³-hybridized carbons (Fsp3) is 0.263. The molecule has 26 heavy (non-hydrogen) atoms. The number of carbonyl (C=O) groups excluding carboxylic acids is 2. The molecule has 0 spiro atoms. The van der Waals surface area contributed by atoms with Crippen molar-refractivity contribution in [3.05, 3.63) is 52.5 Å². The second-order valence-electron chi connectivity index (χ2n) is 5.86. The molecule has 0 saturated heterocycles. The van der Waals surface area contributed by atoms with E-state index in [1.54, 1.807) is 24.3 Å². The van der Waals surface area contributed by atoms with Gasteiger partial charge in [0.1, 0.15) is 12.4 Å². The highest BCUT2D eigenvalue weighted by Gasteiger charge is 2.05. The Morgan fingerprint density at radius 3 is 2.08 bits per heavy atom. The van der Waals surface area contributed by atoms with Gasteiger partial charge in [-0.3, -0.25) is 4.79 Å². The topological polar surface area (TPSA) is 79.5 Å². The van der Waals surface area contributed by atoms with Crippen LogP contribution in [0.3, 0.4) is 0 Å². The van der Waals surface area contributed by atoms with Crippen LogP contribution in [0.15, 0.2) is 36.4 Å². The summed E-state index contributed by atoms with van der Waals surface area (Å²) >= 11 is 6.12. The summed E-state index contributed by atoms with van der Waals surface area (Å²) in [7, 11) is 0. The summed E-state index contributed by atoms with van der Waals surface area (Å²) in [5.41, 5.74) is 3.21. The van der Waals surface area contributed by atoms with Crippen LogP contribution >= 0.6 is 11.6 Å². The fourth-order valence-corrected chi connectivity index (χ4v) is 2.45. The number of hydrogen-bond acceptors (Lipinski definition) is 3. The van der Waals surface area contributed by atoms with Crippen molar-refractivity contribution in [3.63, 3.8) is 0 Å². The quantitative estimate of drug-likeness (QED) is 0.664. The zero-order valence-electron chi connectivity index (χ0n) is 15.0. The molecule has 0 fully saturated rings. The number of urea groups is 1. The summed E-state index contributed by atoms with van der Waals surface area (Å²) in [5.74, 6) is 0.578. The molecule has 0 aromatic heterocycles. The van der Waals surface area contributed by atoms with Crippen molar-refractivity contribution in [2.45, 2.75) is 20.8 Å². The van der Waals surface area contributed by atoms with Gasteiger partial charge in [0.05, 0.1) is 6.54 Å². The van der Waals surface area contributed by atoms with E-state index in [-0.39, 0.29) is 11.9 Å². The van der Waals surface area contributed by atoms with Crippen molar-refractivity contribution in [1.29, 1.82) is 0 Å². The standard InChI is InChI=1S/C19H22ClN3O3/c1-12-10-17(11-13(2)18(12)20)26-9-8-21-19(25)23-16-6-4-15(5-7-16)22-14(3)24/h4-7,10-11H,8-9H2,1-3H3,(H,22,24)(H2,21,23,25). The second-order valence-corrected chi connectivity index (χ2v) is 6.24. The predicted molar refractivity (Wildman–Crippen MR) is 104 cm³/mol. The summed E-state index contributed by atoms with van der Waals surface area (Å²) in [6, 6.07) is 10.3. The largest absolute Gasteiger partial charge is 0.492 e. The van der Waals surface area contributed by atoms with E-state index in [1.807, 2.05) is 26.0 Å². The summed E-state index contributed by atoms with van der Waals surface area (Å²) < 4.78 is 5.63. The van der Waals surface area contributed by atoms with E-state index >= 15 is 0 Å². The van der Waals surface area contributed by atoms with Crippen LogP contribution in [-0.2, 0) is 4.79 Å². The zero-order chi connectivity index (χ0) is 19.1. The molecule has 0 atom stereocenters. The van der Waals surface area contributed by atoms with Crippen LogP contribution in [0.25, 0.3) is 0 Å². The molecule has 0 saturated carbocycles. The van der Waals surface area contributed by atoms with E-state index in [1.165, 1.54) is 6.92 Å². The van der Waals surface area contributed by atoms with Gasteiger partial charge in [-0.1, -0.05) is 11.6 Å². The number of halogens is 1. The highest BCUT2D eigenvalue weighted by molar-refractivity contribution is 6.32. The number of hydrogen-bond donors (Lipinski definition) is 3. The van der Waals surface area contributed by atoms with E-state index in [9.17, 15) is 9.59 Å². The van der Waals surface area contributed by atoms with Crippen LogP contribution in [0.5, 0.6) is 5.75 Å². The molecule has 0 aliphatic heterocycles. The number of amides is 3. The molecule has 0 bridgehead atoms. The monoisotopic (exact) mass is 375 g/mol. The number of ether oxygens (including phenoxy) is 1. The predicted octanol–water partition coefficient (Wildman–Crippen LogP) is 4.12. The number of aryl methyl sites for hydroxylation is 2. The second kappa shape index (κ2) is 9.10. The molecule has 3 N–H and O–H groups in total. The average Bonchev–Trinajstić information content (AvgIpc) is 2.58. The van der Waals surface area contributed by atoms with E-state index in [0.717, 1.165) is 21.9 Å². The first-order valence-corrected chi connectivity index (χ1v) is 8.55. The van der Waals surface area contributed by atoms with Crippen LogP contribution in [0.1, 0.15) is 18.1 Å². The van der Waals surface area contributed by atoms with Gasteiger partial charge in [0.2, 0.25) is 5.91 Å². The lowest BCUT2D eigenvalue weighted by molar-refractivity contribution is -0.114. The molecule has 2 aromatic rings. The lowest BCUT2D eigenvalue weighted by Gasteiger charge is -2.11. The molecule has 0 heterocycles. The molecule has 0 aliphatic carbocycles. The zero-order valence-corrected chi connectivity index (χ0v) is 15.7. The first-order chi connectivity index (χ1) is 12.3. The van der Waals surface area contributed by atoms with E-state index in [0.29, 0.717) is 24.5 Å². The van der Waals surface area contributed by atoms with Crippen LogP contribution in [0.2, 0.25) is 5.02 Å². The number of benzene rings is 2. The third-order valence-electron chi connectivity index (χ3n) is 3.53. The molecule has 0 radical (unpaired) electrons. The molecule has 3 amide bonds. The molecule has 6 nitrogen and oxygen atoms in total. The van der Waals surface area contributed by atoms with Gasteiger partial charge in [0, 0.05) is 23.3 Å². The minimum atomic E-state index is -0.329. The van der Waals surface area contributed by atoms with Gasteiger partial charge in [0.25, 0.3) is 0 Å². The number of carbonyl (C=O) groups is 2. The van der Waals surface area contributed by atoms with E-state index in [4.69, 9.17) is 16.3 Å². The molecule has 138 valence electrons. The molecule has 2 aromatic carbocycles. The highest BCUT2D eigenvalue weighted by atomic mass is 35.5.